The van der Waals surface area contributed by atoms with Gasteiger partial charge in [-0.1, -0.05) is 18.2 Å². The molecule has 1 spiro atoms. The molecule has 3 aliphatic rings. The first-order chi connectivity index (χ1) is 17.6. The average Bonchev–Trinajstić information content (AvgIpc) is 3.54. The van der Waals surface area contributed by atoms with Gasteiger partial charge in [-0.05, 0) is 43.9 Å². The van der Waals surface area contributed by atoms with E-state index in [-0.39, 0.29) is 34.8 Å². The van der Waals surface area contributed by atoms with E-state index in [2.05, 4.69) is 5.10 Å². The van der Waals surface area contributed by atoms with Crippen molar-refractivity contribution < 1.29 is 31.8 Å². The van der Waals surface area contributed by atoms with Gasteiger partial charge in [-0.3, -0.25) is 4.79 Å². The molecule has 3 fully saturated rings. The van der Waals surface area contributed by atoms with Gasteiger partial charge in [-0.15, -0.1) is 0 Å². The number of hydrogen-bond acceptors (Lipinski definition) is 4. The summed E-state index contributed by atoms with van der Waals surface area (Å²) in [7, 11) is 1.64. The van der Waals surface area contributed by atoms with E-state index in [1.54, 1.807) is 18.0 Å². The zero-order valence-electron chi connectivity index (χ0n) is 20.1. The molecule has 2 aliphatic carbocycles. The molecule has 3 aromatic rings. The van der Waals surface area contributed by atoms with Crippen molar-refractivity contribution in [2.24, 2.45) is 12.5 Å². The van der Waals surface area contributed by atoms with E-state index in [1.807, 2.05) is 0 Å². The summed E-state index contributed by atoms with van der Waals surface area (Å²) < 4.78 is 67.2. The van der Waals surface area contributed by atoms with Gasteiger partial charge in [-0.25, -0.2) is 9.07 Å². The fourth-order valence-corrected chi connectivity index (χ4v) is 5.28. The fraction of sp³-hybridized carbons (Fsp3) is 0.407. The highest BCUT2D eigenvalue weighted by Crippen LogP contribution is 2.50. The third-order valence-corrected chi connectivity index (χ3v) is 7.29. The van der Waals surface area contributed by atoms with Crippen molar-refractivity contribution in [3.63, 3.8) is 0 Å². The zero-order valence-corrected chi connectivity index (χ0v) is 20.1. The first kappa shape index (κ1) is 23.8. The van der Waals surface area contributed by atoms with Crippen LogP contribution >= 0.6 is 0 Å². The molecule has 10 heteroatoms. The summed E-state index contributed by atoms with van der Waals surface area (Å²) in [6.45, 7) is 1.14. The molecule has 0 N–H and O–H groups in total. The lowest BCUT2D eigenvalue weighted by Gasteiger charge is -2.58. The number of halogens is 4. The number of carbonyl (C=O) groups is 1. The summed E-state index contributed by atoms with van der Waals surface area (Å²) in [4.78, 5) is 14.8. The Kier molecular flexibility index (Phi) is 5.47. The van der Waals surface area contributed by atoms with Gasteiger partial charge < -0.3 is 14.4 Å². The number of aryl methyl sites for hydroxylation is 1. The number of benzene rings is 2. The molecule has 6 rings (SSSR count). The van der Waals surface area contributed by atoms with Gasteiger partial charge in [0.2, 0.25) is 5.88 Å². The minimum atomic E-state index is -4.48. The summed E-state index contributed by atoms with van der Waals surface area (Å²) in [5.74, 6) is 0.0753. The third-order valence-electron chi connectivity index (χ3n) is 7.29. The number of amides is 1. The summed E-state index contributed by atoms with van der Waals surface area (Å²) in [6.07, 6.45) is -1.28. The van der Waals surface area contributed by atoms with Crippen molar-refractivity contribution in [1.82, 2.24) is 14.7 Å². The van der Waals surface area contributed by atoms with Gasteiger partial charge in [-0.2, -0.15) is 18.3 Å². The van der Waals surface area contributed by atoms with Crippen molar-refractivity contribution in [3.8, 4) is 22.9 Å². The minimum Gasteiger partial charge on any atom is -0.489 e. The molecule has 0 atom stereocenters. The first-order valence-corrected chi connectivity index (χ1v) is 12.2. The normalized spacial score (nSPS) is 18.9. The van der Waals surface area contributed by atoms with Crippen LogP contribution in [-0.2, 0) is 13.2 Å². The summed E-state index contributed by atoms with van der Waals surface area (Å²) >= 11 is 0. The van der Waals surface area contributed by atoms with E-state index in [4.69, 9.17) is 9.47 Å². The molecule has 1 amide bonds. The average molecular weight is 516 g/mol. The Bertz CT molecular complexity index is 1350. The van der Waals surface area contributed by atoms with Crippen molar-refractivity contribution in [2.45, 2.75) is 44.1 Å². The Labute approximate surface area is 210 Å². The van der Waals surface area contributed by atoms with E-state index in [1.165, 1.54) is 41.1 Å². The van der Waals surface area contributed by atoms with Gasteiger partial charge in [0, 0.05) is 43.2 Å². The number of carbonyl (C=O) groups excluding carboxylic acids is 1. The molecule has 1 saturated heterocycles. The van der Waals surface area contributed by atoms with Gasteiger partial charge in [0.15, 0.2) is 0 Å². The van der Waals surface area contributed by atoms with Gasteiger partial charge in [0.1, 0.15) is 17.7 Å². The Morgan fingerprint density at radius 3 is 2.46 bits per heavy atom. The minimum absolute atomic E-state index is 0.00417. The predicted octanol–water partition coefficient (Wildman–Crippen LogP) is 5.47. The number of aromatic nitrogens is 2. The molecule has 1 aromatic heterocycles. The SMILES string of the molecule is Cn1nc(-c2ccccc2C(F)(F)F)cc1OC1CC2(C1)CN(C(=O)c1ccc(F)cc1OC1CC1)C2. The van der Waals surface area contributed by atoms with E-state index in [0.29, 0.717) is 30.3 Å². The maximum atomic E-state index is 13.7. The summed E-state index contributed by atoms with van der Waals surface area (Å²) in [5.41, 5.74) is -0.208. The van der Waals surface area contributed by atoms with Gasteiger partial charge in [0.25, 0.3) is 5.91 Å². The van der Waals surface area contributed by atoms with E-state index in [0.717, 1.165) is 31.7 Å². The van der Waals surface area contributed by atoms with Crippen LogP contribution in [0.3, 0.4) is 0 Å². The van der Waals surface area contributed by atoms with E-state index in [9.17, 15) is 22.4 Å². The highest BCUT2D eigenvalue weighted by molar-refractivity contribution is 5.97. The van der Waals surface area contributed by atoms with E-state index < -0.39 is 17.6 Å². The summed E-state index contributed by atoms with van der Waals surface area (Å²) in [5, 5.41) is 4.25. The molecule has 0 bridgehead atoms. The standard InChI is InChI=1S/C27H25F4N3O3/c1-33-24(11-22(32-33)19-4-2-3-5-21(19)27(29,30)31)37-18-12-26(13-18)14-34(15-26)25(35)20-9-6-16(28)10-23(20)36-17-7-8-17/h2-6,9-11,17-18H,7-8,12-15H2,1H3. The molecular weight excluding hydrogens is 490 g/mol. The van der Waals surface area contributed by atoms with Crippen LogP contribution in [0.2, 0.25) is 0 Å². The van der Waals surface area contributed by atoms with Crippen LogP contribution in [-0.4, -0.2) is 45.9 Å². The highest BCUT2D eigenvalue weighted by atomic mass is 19.4. The number of rotatable bonds is 6. The van der Waals surface area contributed by atoms with Crippen LogP contribution in [0.1, 0.15) is 41.6 Å². The molecule has 0 unspecified atom stereocenters. The number of alkyl halides is 3. The summed E-state index contributed by atoms with van der Waals surface area (Å²) in [6, 6.07) is 10.9. The lowest BCUT2D eigenvalue weighted by atomic mass is 9.61. The predicted molar refractivity (Wildman–Crippen MR) is 126 cm³/mol. The van der Waals surface area contributed by atoms with Crippen LogP contribution in [0.25, 0.3) is 11.3 Å². The van der Waals surface area contributed by atoms with Crippen LogP contribution in [0.5, 0.6) is 11.6 Å². The van der Waals surface area contributed by atoms with E-state index >= 15 is 0 Å². The maximum Gasteiger partial charge on any atom is 0.417 e. The maximum absolute atomic E-state index is 13.7. The molecule has 6 nitrogen and oxygen atoms in total. The van der Waals surface area contributed by atoms with Crippen molar-refractivity contribution in [2.75, 3.05) is 13.1 Å². The second-order valence-corrected chi connectivity index (χ2v) is 10.3. The van der Waals surface area contributed by atoms with Crippen molar-refractivity contribution in [3.05, 3.63) is 65.5 Å². The lowest BCUT2D eigenvalue weighted by Crippen LogP contribution is -2.65. The third kappa shape index (κ3) is 4.53. The molecule has 2 saturated carbocycles. The van der Waals surface area contributed by atoms with Crippen LogP contribution in [0.4, 0.5) is 17.6 Å². The second-order valence-electron chi connectivity index (χ2n) is 10.3. The van der Waals surface area contributed by atoms with Gasteiger partial charge >= 0.3 is 6.18 Å². The molecule has 2 heterocycles. The lowest BCUT2D eigenvalue weighted by molar-refractivity contribution is -0.137. The molecule has 37 heavy (non-hydrogen) atoms. The van der Waals surface area contributed by atoms with Crippen molar-refractivity contribution >= 4 is 5.91 Å². The Balaban J connectivity index is 1.08. The Morgan fingerprint density at radius 1 is 1.03 bits per heavy atom. The Morgan fingerprint density at radius 2 is 1.76 bits per heavy atom. The number of hydrogen-bond donors (Lipinski definition) is 0. The second kappa shape index (κ2) is 8.49. The van der Waals surface area contributed by atoms with Crippen LogP contribution < -0.4 is 9.47 Å². The zero-order chi connectivity index (χ0) is 25.9. The number of nitrogens with zero attached hydrogens (tertiary/aromatic N) is 3. The fourth-order valence-electron chi connectivity index (χ4n) is 5.28. The Hall–Kier alpha value is -3.56. The monoisotopic (exact) mass is 515 g/mol. The highest BCUT2D eigenvalue weighted by Gasteiger charge is 2.55. The largest absolute Gasteiger partial charge is 0.489 e. The molecule has 2 aromatic carbocycles. The van der Waals surface area contributed by atoms with Gasteiger partial charge in [0.05, 0.1) is 22.9 Å². The first-order valence-electron chi connectivity index (χ1n) is 12.2. The molecule has 1 aliphatic heterocycles. The number of likely N-dealkylation sites (tertiary alicyclic amines) is 1. The van der Waals surface area contributed by atoms with Crippen LogP contribution in [0.15, 0.2) is 48.5 Å². The van der Waals surface area contributed by atoms with Crippen molar-refractivity contribution in [1.29, 1.82) is 0 Å². The topological polar surface area (TPSA) is 56.6 Å². The molecule has 194 valence electrons. The number of ether oxygens (including phenoxy) is 2. The van der Waals surface area contributed by atoms with Crippen LogP contribution in [0, 0.1) is 11.2 Å². The molecular formula is C27H25F4N3O3. The molecule has 0 radical (unpaired) electrons. The quantitative estimate of drug-likeness (QED) is 0.409. The smallest absolute Gasteiger partial charge is 0.417 e.